The molecule has 0 heterocycles. The molecule has 5 heteroatoms. The molecule has 2 N–H and O–H groups in total. The van der Waals surface area contributed by atoms with Gasteiger partial charge in [0.05, 0.1) is 19.8 Å². The third kappa shape index (κ3) is 12.0. The van der Waals surface area contributed by atoms with Gasteiger partial charge in [-0.15, -0.1) is 0 Å². The number of hydrogen-bond acceptors (Lipinski definition) is 3. The highest BCUT2D eigenvalue weighted by molar-refractivity contribution is 5.79. The minimum Gasteiger partial charge on any atom is -0.382 e. The van der Waals surface area contributed by atoms with Gasteiger partial charge in [-0.05, 0) is 13.3 Å². The molecule has 0 aliphatic rings. The van der Waals surface area contributed by atoms with E-state index in [4.69, 9.17) is 9.47 Å². The van der Waals surface area contributed by atoms with Crippen LogP contribution >= 0.6 is 0 Å². The quantitative estimate of drug-likeness (QED) is 0.342. The van der Waals surface area contributed by atoms with Crippen molar-refractivity contribution >= 4 is 5.96 Å². The van der Waals surface area contributed by atoms with Crippen molar-refractivity contribution in [2.24, 2.45) is 4.99 Å². The summed E-state index contributed by atoms with van der Waals surface area (Å²) >= 11 is 0. The van der Waals surface area contributed by atoms with Crippen molar-refractivity contribution in [3.63, 3.8) is 0 Å². The highest BCUT2D eigenvalue weighted by atomic mass is 16.5. The van der Waals surface area contributed by atoms with Gasteiger partial charge in [-0.25, -0.2) is 0 Å². The number of aliphatic imine (C=N–C) groups is 1. The average molecular weight is 273 g/mol. The average Bonchev–Trinajstić information content (AvgIpc) is 2.41. The first-order chi connectivity index (χ1) is 9.24. The van der Waals surface area contributed by atoms with Crippen LogP contribution in [-0.4, -0.2) is 52.5 Å². The van der Waals surface area contributed by atoms with Gasteiger partial charge in [-0.3, -0.25) is 4.99 Å². The van der Waals surface area contributed by atoms with Crippen molar-refractivity contribution in [3.8, 4) is 0 Å². The summed E-state index contributed by atoms with van der Waals surface area (Å²) in [5.74, 6) is 0.847. The summed E-state index contributed by atoms with van der Waals surface area (Å²) < 4.78 is 10.3. The van der Waals surface area contributed by atoms with E-state index in [1.807, 2.05) is 0 Å². The highest BCUT2D eigenvalue weighted by Crippen LogP contribution is 2.02. The van der Waals surface area contributed by atoms with Gasteiger partial charge in [-0.1, -0.05) is 26.2 Å². The van der Waals surface area contributed by atoms with Gasteiger partial charge in [0.1, 0.15) is 0 Å². The molecular weight excluding hydrogens is 242 g/mol. The first-order valence-corrected chi connectivity index (χ1v) is 7.28. The molecule has 0 saturated carbocycles. The lowest BCUT2D eigenvalue weighted by atomic mass is 10.1. The van der Waals surface area contributed by atoms with Crippen molar-refractivity contribution < 1.29 is 9.47 Å². The van der Waals surface area contributed by atoms with Gasteiger partial charge in [-0.2, -0.15) is 0 Å². The molecule has 1 atom stereocenters. The molecule has 0 aromatic rings. The Morgan fingerprint density at radius 2 is 2.00 bits per heavy atom. The number of methoxy groups -OCH3 is 1. The van der Waals surface area contributed by atoms with Crippen molar-refractivity contribution in [1.82, 2.24) is 10.6 Å². The number of rotatable bonds is 11. The highest BCUT2D eigenvalue weighted by Gasteiger charge is 2.04. The summed E-state index contributed by atoms with van der Waals surface area (Å²) in [6.45, 7) is 7.11. The number of nitrogens with zero attached hydrogens (tertiary/aromatic N) is 1. The van der Waals surface area contributed by atoms with E-state index in [0.29, 0.717) is 25.9 Å². The zero-order valence-electron chi connectivity index (χ0n) is 13.0. The van der Waals surface area contributed by atoms with Crippen LogP contribution in [0.15, 0.2) is 4.99 Å². The Hall–Kier alpha value is -0.810. The Balaban J connectivity index is 3.59. The van der Waals surface area contributed by atoms with Crippen LogP contribution in [0.5, 0.6) is 0 Å². The Morgan fingerprint density at radius 3 is 2.63 bits per heavy atom. The fourth-order valence-corrected chi connectivity index (χ4v) is 1.69. The van der Waals surface area contributed by atoms with E-state index < -0.39 is 0 Å². The number of unbranched alkanes of at least 4 members (excludes halogenated alkanes) is 2. The smallest absolute Gasteiger partial charge is 0.191 e. The maximum atomic E-state index is 5.38. The topological polar surface area (TPSA) is 54.9 Å². The lowest BCUT2D eigenvalue weighted by Gasteiger charge is -2.17. The standard InChI is InChI=1S/C14H31N3O2/c1-5-6-7-8-13(2)17-14(15-3)16-9-10-19-12-11-18-4/h13H,5-12H2,1-4H3,(H2,15,16,17). The van der Waals surface area contributed by atoms with Crippen LogP contribution in [0.1, 0.15) is 39.5 Å². The van der Waals surface area contributed by atoms with E-state index in [0.717, 1.165) is 12.5 Å². The lowest BCUT2D eigenvalue weighted by Crippen LogP contribution is -2.43. The zero-order chi connectivity index (χ0) is 14.3. The number of ether oxygens (including phenoxy) is 2. The maximum Gasteiger partial charge on any atom is 0.191 e. The van der Waals surface area contributed by atoms with Crippen LogP contribution in [0, 0.1) is 0 Å². The number of guanidine groups is 1. The summed E-state index contributed by atoms with van der Waals surface area (Å²) in [6.07, 6.45) is 5.00. The van der Waals surface area contributed by atoms with Gasteiger partial charge >= 0.3 is 0 Å². The summed E-state index contributed by atoms with van der Waals surface area (Å²) in [7, 11) is 3.47. The lowest BCUT2D eigenvalue weighted by molar-refractivity contribution is 0.0733. The van der Waals surface area contributed by atoms with Crippen molar-refractivity contribution in [1.29, 1.82) is 0 Å². The molecule has 0 fully saturated rings. The fourth-order valence-electron chi connectivity index (χ4n) is 1.69. The minimum absolute atomic E-state index is 0.451. The fraction of sp³-hybridized carbons (Fsp3) is 0.929. The second-order valence-corrected chi connectivity index (χ2v) is 4.65. The second-order valence-electron chi connectivity index (χ2n) is 4.65. The predicted octanol–water partition coefficient (Wildman–Crippen LogP) is 1.78. The zero-order valence-corrected chi connectivity index (χ0v) is 13.0. The Morgan fingerprint density at radius 1 is 1.21 bits per heavy atom. The van der Waals surface area contributed by atoms with E-state index in [1.54, 1.807) is 14.2 Å². The van der Waals surface area contributed by atoms with Crippen LogP contribution in [-0.2, 0) is 9.47 Å². The molecule has 0 aliphatic carbocycles. The van der Waals surface area contributed by atoms with Gasteiger partial charge in [0.2, 0.25) is 0 Å². The number of nitrogens with one attached hydrogen (secondary N) is 2. The van der Waals surface area contributed by atoms with E-state index in [2.05, 4.69) is 29.5 Å². The van der Waals surface area contributed by atoms with Gasteiger partial charge in [0.15, 0.2) is 5.96 Å². The molecular formula is C14H31N3O2. The molecule has 0 radical (unpaired) electrons. The van der Waals surface area contributed by atoms with Crippen LogP contribution in [0.25, 0.3) is 0 Å². The van der Waals surface area contributed by atoms with Crippen molar-refractivity contribution in [2.45, 2.75) is 45.6 Å². The van der Waals surface area contributed by atoms with Crippen LogP contribution in [0.4, 0.5) is 0 Å². The molecule has 1 unspecified atom stereocenters. The molecule has 114 valence electrons. The molecule has 0 aliphatic heterocycles. The summed E-state index contributed by atoms with van der Waals surface area (Å²) in [5.41, 5.74) is 0. The minimum atomic E-state index is 0.451. The Labute approximate surface area is 118 Å². The Bertz CT molecular complexity index is 223. The summed E-state index contributed by atoms with van der Waals surface area (Å²) in [6, 6.07) is 0.451. The summed E-state index contributed by atoms with van der Waals surface area (Å²) in [5, 5.41) is 6.63. The number of hydrogen-bond donors (Lipinski definition) is 2. The van der Waals surface area contributed by atoms with E-state index in [-0.39, 0.29) is 0 Å². The first kappa shape index (κ1) is 18.2. The molecule has 0 amide bonds. The van der Waals surface area contributed by atoms with Crippen LogP contribution < -0.4 is 10.6 Å². The van der Waals surface area contributed by atoms with Crippen LogP contribution in [0.2, 0.25) is 0 Å². The molecule has 0 aromatic carbocycles. The Kier molecular flexibility index (Phi) is 13.0. The normalized spacial score (nSPS) is 13.4. The second kappa shape index (κ2) is 13.6. The molecule has 19 heavy (non-hydrogen) atoms. The van der Waals surface area contributed by atoms with Crippen molar-refractivity contribution in [2.75, 3.05) is 40.5 Å². The van der Waals surface area contributed by atoms with Gasteiger partial charge < -0.3 is 20.1 Å². The molecule has 0 saturated heterocycles. The third-order valence-electron chi connectivity index (χ3n) is 2.82. The maximum absolute atomic E-state index is 5.38. The molecule has 0 bridgehead atoms. The largest absolute Gasteiger partial charge is 0.382 e. The van der Waals surface area contributed by atoms with Crippen LogP contribution in [0.3, 0.4) is 0 Å². The third-order valence-corrected chi connectivity index (χ3v) is 2.82. The molecule has 0 aromatic heterocycles. The molecule has 5 nitrogen and oxygen atoms in total. The van der Waals surface area contributed by atoms with Crippen molar-refractivity contribution in [3.05, 3.63) is 0 Å². The summed E-state index contributed by atoms with van der Waals surface area (Å²) in [4.78, 5) is 4.20. The predicted molar refractivity (Wildman–Crippen MR) is 80.8 cm³/mol. The van der Waals surface area contributed by atoms with Gasteiger partial charge in [0.25, 0.3) is 0 Å². The van der Waals surface area contributed by atoms with E-state index in [1.165, 1.54) is 25.7 Å². The molecule has 0 rings (SSSR count). The van der Waals surface area contributed by atoms with Gasteiger partial charge in [0, 0.05) is 26.7 Å². The molecule has 0 spiro atoms. The van der Waals surface area contributed by atoms with E-state index in [9.17, 15) is 0 Å². The van der Waals surface area contributed by atoms with E-state index >= 15 is 0 Å². The SMILES string of the molecule is CCCCCC(C)NC(=NC)NCCOCCOC. The monoisotopic (exact) mass is 273 g/mol. The first-order valence-electron chi connectivity index (χ1n) is 7.28.